The molecular formula is C28H40N2O3. The molecule has 0 aliphatic carbocycles. The van der Waals surface area contributed by atoms with Gasteiger partial charge in [-0.2, -0.15) is 0 Å². The molecule has 1 aliphatic heterocycles. The molecule has 0 saturated carbocycles. The molecule has 0 unspecified atom stereocenters. The second-order valence-corrected chi connectivity index (χ2v) is 11.2. The number of para-hydroxylation sites is 1. The Kier molecular flexibility index (Phi) is 8.06. The highest BCUT2D eigenvalue weighted by atomic mass is 16.6. The van der Waals surface area contributed by atoms with Crippen LogP contribution in [0.2, 0.25) is 0 Å². The number of carbonyl (C=O) groups is 1. The Morgan fingerprint density at radius 2 is 1.58 bits per heavy atom. The zero-order valence-electron chi connectivity index (χ0n) is 21.1. The van der Waals surface area contributed by atoms with Gasteiger partial charge < -0.3 is 14.4 Å². The zero-order valence-corrected chi connectivity index (χ0v) is 21.1. The lowest BCUT2D eigenvalue weighted by molar-refractivity contribution is 0.0111. The highest BCUT2D eigenvalue weighted by molar-refractivity contribution is 5.68. The van der Waals surface area contributed by atoms with Crippen molar-refractivity contribution in [2.45, 2.75) is 72.6 Å². The quantitative estimate of drug-likeness (QED) is 0.487. The zero-order chi connectivity index (χ0) is 24.1. The first-order valence-corrected chi connectivity index (χ1v) is 12.0. The van der Waals surface area contributed by atoms with Crippen LogP contribution < -0.4 is 4.74 Å². The average molecular weight is 453 g/mol. The van der Waals surface area contributed by atoms with Crippen LogP contribution in [0, 0.1) is 5.41 Å². The van der Waals surface area contributed by atoms with E-state index in [-0.39, 0.29) is 11.5 Å². The molecule has 1 amide bonds. The third-order valence-corrected chi connectivity index (χ3v) is 5.57. The lowest BCUT2D eigenvalue weighted by Gasteiger charge is -2.41. The van der Waals surface area contributed by atoms with Gasteiger partial charge in [0.05, 0.1) is 0 Å². The van der Waals surface area contributed by atoms with E-state index in [1.807, 2.05) is 62.1 Å². The Morgan fingerprint density at radius 1 is 0.939 bits per heavy atom. The maximum atomic E-state index is 12.5. The Balaban J connectivity index is 1.66. The second-order valence-electron chi connectivity index (χ2n) is 11.2. The van der Waals surface area contributed by atoms with Crippen molar-refractivity contribution in [2.75, 3.05) is 19.6 Å². The summed E-state index contributed by atoms with van der Waals surface area (Å²) in [6, 6.07) is 18.7. The summed E-state index contributed by atoms with van der Waals surface area (Å²) in [4.78, 5) is 16.9. The van der Waals surface area contributed by atoms with Crippen molar-refractivity contribution >= 4 is 6.09 Å². The average Bonchev–Trinajstić information content (AvgIpc) is 2.72. The smallest absolute Gasteiger partial charge is 0.410 e. The molecule has 5 heteroatoms. The van der Waals surface area contributed by atoms with Crippen LogP contribution in [0.25, 0.3) is 0 Å². The van der Waals surface area contributed by atoms with E-state index in [0.717, 1.165) is 50.5 Å². The van der Waals surface area contributed by atoms with Crippen molar-refractivity contribution in [3.05, 3.63) is 60.2 Å². The van der Waals surface area contributed by atoms with E-state index in [9.17, 15) is 4.79 Å². The SMILES string of the molecule is CC(C)(C)CN(Cc1cccc(Oc2ccccc2)c1)C1CCN(C(=O)OC(C)(C)C)CC1. The minimum Gasteiger partial charge on any atom is -0.457 e. The minimum atomic E-state index is -0.459. The van der Waals surface area contributed by atoms with Crippen LogP contribution >= 0.6 is 0 Å². The van der Waals surface area contributed by atoms with E-state index < -0.39 is 5.60 Å². The molecule has 2 aromatic rings. The van der Waals surface area contributed by atoms with E-state index in [0.29, 0.717) is 6.04 Å². The molecule has 0 aromatic heterocycles. The van der Waals surface area contributed by atoms with Gasteiger partial charge in [0.1, 0.15) is 17.1 Å². The van der Waals surface area contributed by atoms with Crippen molar-refractivity contribution in [2.24, 2.45) is 5.41 Å². The number of nitrogens with zero attached hydrogens (tertiary/aromatic N) is 2. The Bertz CT molecular complexity index is 891. The number of likely N-dealkylation sites (tertiary alicyclic amines) is 1. The van der Waals surface area contributed by atoms with E-state index >= 15 is 0 Å². The van der Waals surface area contributed by atoms with E-state index in [1.54, 1.807) is 0 Å². The summed E-state index contributed by atoms with van der Waals surface area (Å²) in [5, 5.41) is 0. The lowest BCUT2D eigenvalue weighted by Crippen LogP contribution is -2.49. The molecule has 1 fully saturated rings. The number of hydrogen-bond acceptors (Lipinski definition) is 4. The normalized spacial score (nSPS) is 15.5. The Hall–Kier alpha value is -2.53. The first-order valence-electron chi connectivity index (χ1n) is 12.0. The Morgan fingerprint density at radius 3 is 2.18 bits per heavy atom. The van der Waals surface area contributed by atoms with Gasteiger partial charge in [0.15, 0.2) is 0 Å². The number of carbonyl (C=O) groups excluding carboxylic acids is 1. The number of hydrogen-bond donors (Lipinski definition) is 0. The number of amides is 1. The molecule has 33 heavy (non-hydrogen) atoms. The van der Waals surface area contributed by atoms with Gasteiger partial charge in [0, 0.05) is 32.2 Å². The van der Waals surface area contributed by atoms with Crippen molar-refractivity contribution in [1.82, 2.24) is 9.80 Å². The number of piperidine rings is 1. The first kappa shape index (κ1) is 25.1. The molecule has 2 aromatic carbocycles. The summed E-state index contributed by atoms with van der Waals surface area (Å²) in [6.45, 7) is 15.9. The molecule has 0 bridgehead atoms. The molecule has 0 N–H and O–H groups in total. The van der Waals surface area contributed by atoms with Crippen LogP contribution in [0.5, 0.6) is 11.5 Å². The third kappa shape index (κ3) is 8.39. The van der Waals surface area contributed by atoms with Crippen molar-refractivity contribution in [3.8, 4) is 11.5 Å². The third-order valence-electron chi connectivity index (χ3n) is 5.57. The van der Waals surface area contributed by atoms with Gasteiger partial charge in [-0.1, -0.05) is 51.1 Å². The molecule has 1 aliphatic rings. The standard InChI is InChI=1S/C28H40N2O3/c1-27(2,3)21-30(23-15-17-29(18-16-23)26(31)33-28(4,5)6)20-22-11-10-14-25(19-22)32-24-12-8-7-9-13-24/h7-14,19,23H,15-18,20-21H2,1-6H3. The van der Waals surface area contributed by atoms with Gasteiger partial charge >= 0.3 is 6.09 Å². The summed E-state index contributed by atoms with van der Waals surface area (Å²) < 4.78 is 11.6. The molecule has 5 nitrogen and oxygen atoms in total. The number of ether oxygens (including phenoxy) is 2. The van der Waals surface area contributed by atoms with Crippen molar-refractivity contribution in [1.29, 1.82) is 0 Å². The fraction of sp³-hybridized carbons (Fsp3) is 0.536. The maximum absolute atomic E-state index is 12.5. The molecule has 1 saturated heterocycles. The van der Waals surface area contributed by atoms with Gasteiger partial charge in [-0.25, -0.2) is 4.79 Å². The van der Waals surface area contributed by atoms with Crippen LogP contribution in [-0.2, 0) is 11.3 Å². The highest BCUT2D eigenvalue weighted by Gasteiger charge is 2.31. The topological polar surface area (TPSA) is 42.0 Å². The van der Waals surface area contributed by atoms with E-state index in [2.05, 4.69) is 43.9 Å². The number of benzene rings is 2. The van der Waals surface area contributed by atoms with Crippen LogP contribution in [-0.4, -0.2) is 47.2 Å². The Labute approximate surface area is 199 Å². The number of rotatable bonds is 6. The molecule has 180 valence electrons. The molecule has 1 heterocycles. The van der Waals surface area contributed by atoms with Gasteiger partial charge in [-0.05, 0) is 68.9 Å². The van der Waals surface area contributed by atoms with Gasteiger partial charge in [0.2, 0.25) is 0 Å². The van der Waals surface area contributed by atoms with Crippen molar-refractivity contribution < 1.29 is 14.3 Å². The summed E-state index contributed by atoms with van der Waals surface area (Å²) in [5.41, 5.74) is 0.960. The minimum absolute atomic E-state index is 0.181. The summed E-state index contributed by atoms with van der Waals surface area (Å²) >= 11 is 0. The molecular weight excluding hydrogens is 412 g/mol. The largest absolute Gasteiger partial charge is 0.457 e. The molecule has 3 rings (SSSR count). The van der Waals surface area contributed by atoms with E-state index in [1.165, 1.54) is 5.56 Å². The molecule has 0 radical (unpaired) electrons. The van der Waals surface area contributed by atoms with Crippen LogP contribution in [0.1, 0.15) is 59.9 Å². The van der Waals surface area contributed by atoms with Crippen molar-refractivity contribution in [3.63, 3.8) is 0 Å². The van der Waals surface area contributed by atoms with Crippen LogP contribution in [0.15, 0.2) is 54.6 Å². The fourth-order valence-corrected chi connectivity index (χ4v) is 4.23. The van der Waals surface area contributed by atoms with Gasteiger partial charge in [-0.15, -0.1) is 0 Å². The summed E-state index contributed by atoms with van der Waals surface area (Å²) in [6.07, 6.45) is 1.71. The summed E-state index contributed by atoms with van der Waals surface area (Å²) in [5.74, 6) is 1.70. The van der Waals surface area contributed by atoms with Crippen LogP contribution in [0.3, 0.4) is 0 Å². The lowest BCUT2D eigenvalue weighted by atomic mass is 9.93. The monoisotopic (exact) mass is 452 g/mol. The first-order chi connectivity index (χ1) is 15.5. The van der Waals surface area contributed by atoms with Gasteiger partial charge in [-0.3, -0.25) is 4.90 Å². The fourth-order valence-electron chi connectivity index (χ4n) is 4.23. The predicted molar refractivity (Wildman–Crippen MR) is 134 cm³/mol. The van der Waals surface area contributed by atoms with Crippen LogP contribution in [0.4, 0.5) is 4.79 Å². The summed E-state index contributed by atoms with van der Waals surface area (Å²) in [7, 11) is 0. The predicted octanol–water partition coefficient (Wildman–Crippen LogP) is 6.73. The highest BCUT2D eigenvalue weighted by Crippen LogP contribution is 2.27. The van der Waals surface area contributed by atoms with Gasteiger partial charge in [0.25, 0.3) is 0 Å². The van der Waals surface area contributed by atoms with E-state index in [4.69, 9.17) is 9.47 Å². The second kappa shape index (κ2) is 10.6. The maximum Gasteiger partial charge on any atom is 0.410 e. The molecule has 0 atom stereocenters. The molecule has 0 spiro atoms.